The number of carbonyl (C=O) groups excluding carboxylic acids is 2. The normalized spacial score (nSPS) is 20.0. The van der Waals surface area contributed by atoms with Crippen molar-refractivity contribution in [1.29, 1.82) is 0 Å². The summed E-state index contributed by atoms with van der Waals surface area (Å²) in [5.74, 6) is -1.57. The van der Waals surface area contributed by atoms with E-state index in [-0.39, 0.29) is 22.1 Å². The lowest BCUT2D eigenvalue weighted by atomic mass is 10.1. The summed E-state index contributed by atoms with van der Waals surface area (Å²) < 4.78 is 40.5. The SMILES string of the molecule is O=C(Nc1cc(F)ccc1N1CCCCC1)c1ccc2c(c1)S(=O)(=O)N(C1CC1)C2=O. The first-order valence-electron chi connectivity index (χ1n) is 10.4. The Morgan fingerprint density at radius 2 is 1.77 bits per heavy atom. The predicted molar refractivity (Wildman–Crippen MR) is 113 cm³/mol. The van der Waals surface area contributed by atoms with Crippen LogP contribution in [0, 0.1) is 5.82 Å². The summed E-state index contributed by atoms with van der Waals surface area (Å²) in [4.78, 5) is 27.4. The second kappa shape index (κ2) is 7.33. The third-order valence-corrected chi connectivity index (χ3v) is 7.87. The van der Waals surface area contributed by atoms with E-state index < -0.39 is 27.7 Å². The van der Waals surface area contributed by atoms with Crippen LogP contribution in [0.4, 0.5) is 15.8 Å². The molecule has 0 spiro atoms. The van der Waals surface area contributed by atoms with Gasteiger partial charge in [0.25, 0.3) is 21.8 Å². The number of nitrogens with zero attached hydrogens (tertiary/aromatic N) is 2. The van der Waals surface area contributed by atoms with Gasteiger partial charge in [-0.1, -0.05) is 0 Å². The Bertz CT molecular complexity index is 1190. The molecule has 0 bridgehead atoms. The number of nitrogens with one attached hydrogen (secondary N) is 1. The van der Waals surface area contributed by atoms with Gasteiger partial charge in [0.15, 0.2) is 0 Å². The van der Waals surface area contributed by atoms with Crippen LogP contribution in [0.25, 0.3) is 0 Å². The van der Waals surface area contributed by atoms with Crippen LogP contribution < -0.4 is 10.2 Å². The molecule has 1 N–H and O–H groups in total. The lowest BCUT2D eigenvalue weighted by Gasteiger charge is -2.30. The van der Waals surface area contributed by atoms with Crippen molar-refractivity contribution in [2.45, 2.75) is 43.0 Å². The first kappa shape index (κ1) is 20.0. The molecule has 2 aromatic carbocycles. The molecule has 0 radical (unpaired) electrons. The van der Waals surface area contributed by atoms with Gasteiger partial charge in [0.05, 0.1) is 16.9 Å². The fraction of sp³-hybridized carbons (Fsp3) is 0.364. The number of amides is 2. The van der Waals surface area contributed by atoms with Crippen molar-refractivity contribution in [2.24, 2.45) is 0 Å². The van der Waals surface area contributed by atoms with Crippen LogP contribution in [0.3, 0.4) is 0 Å². The summed E-state index contributed by atoms with van der Waals surface area (Å²) in [6.07, 6.45) is 4.51. The third kappa shape index (κ3) is 3.46. The number of hydrogen-bond donors (Lipinski definition) is 1. The molecule has 31 heavy (non-hydrogen) atoms. The van der Waals surface area contributed by atoms with Crippen LogP contribution in [0.2, 0.25) is 0 Å². The van der Waals surface area contributed by atoms with Gasteiger partial charge >= 0.3 is 0 Å². The Morgan fingerprint density at radius 1 is 1.03 bits per heavy atom. The van der Waals surface area contributed by atoms with Crippen LogP contribution >= 0.6 is 0 Å². The van der Waals surface area contributed by atoms with Crippen LogP contribution in [0.5, 0.6) is 0 Å². The van der Waals surface area contributed by atoms with Gasteiger partial charge in [-0.2, -0.15) is 0 Å². The van der Waals surface area contributed by atoms with Gasteiger partial charge < -0.3 is 10.2 Å². The molecule has 9 heteroatoms. The van der Waals surface area contributed by atoms with Gasteiger partial charge in [0.2, 0.25) is 0 Å². The highest BCUT2D eigenvalue weighted by Crippen LogP contribution is 2.40. The molecule has 1 saturated heterocycles. The molecule has 2 aliphatic heterocycles. The summed E-state index contributed by atoms with van der Waals surface area (Å²) in [5.41, 5.74) is 1.26. The number of fused-ring (bicyclic) bond motifs is 1. The minimum Gasteiger partial charge on any atom is -0.370 e. The average molecular weight is 444 g/mol. The van der Waals surface area contributed by atoms with Crippen LogP contribution in [0.15, 0.2) is 41.3 Å². The van der Waals surface area contributed by atoms with E-state index in [0.717, 1.165) is 42.3 Å². The minimum atomic E-state index is -3.96. The molecule has 2 aromatic rings. The number of piperidine rings is 1. The Hall–Kier alpha value is -2.94. The van der Waals surface area contributed by atoms with E-state index in [4.69, 9.17) is 0 Å². The molecule has 1 saturated carbocycles. The third-order valence-electron chi connectivity index (χ3n) is 5.99. The molecule has 0 atom stereocenters. The Balaban J connectivity index is 1.45. The molecule has 2 amide bonds. The topological polar surface area (TPSA) is 86.8 Å². The van der Waals surface area contributed by atoms with Crippen molar-refractivity contribution in [2.75, 3.05) is 23.3 Å². The summed E-state index contributed by atoms with van der Waals surface area (Å²) in [5, 5.41) is 2.73. The van der Waals surface area contributed by atoms with E-state index in [1.807, 2.05) is 0 Å². The molecule has 2 fully saturated rings. The van der Waals surface area contributed by atoms with E-state index in [2.05, 4.69) is 10.2 Å². The van der Waals surface area contributed by atoms with Crippen molar-refractivity contribution in [3.05, 3.63) is 53.3 Å². The molecule has 0 aromatic heterocycles. The van der Waals surface area contributed by atoms with Crippen LogP contribution in [-0.2, 0) is 10.0 Å². The molecule has 1 aliphatic carbocycles. The van der Waals surface area contributed by atoms with Gasteiger partial charge in [0.1, 0.15) is 10.7 Å². The maximum atomic E-state index is 13.9. The molecule has 2 heterocycles. The standard InChI is InChI=1S/C22H22FN3O4S/c23-15-5-9-19(25-10-2-1-3-11-25)18(13-15)24-21(27)14-4-8-17-20(12-14)31(29,30)26(22(17)28)16-6-7-16/h4-5,8-9,12-13,16H,1-3,6-7,10-11H2,(H,24,27). The number of sulfonamides is 1. The summed E-state index contributed by atoms with van der Waals surface area (Å²) in [7, 11) is -3.96. The molecular weight excluding hydrogens is 421 g/mol. The van der Waals surface area contributed by atoms with Crippen molar-refractivity contribution in [1.82, 2.24) is 4.31 Å². The van der Waals surface area contributed by atoms with Crippen LogP contribution in [-0.4, -0.2) is 43.7 Å². The van der Waals surface area contributed by atoms with Crippen molar-refractivity contribution < 1.29 is 22.4 Å². The first-order chi connectivity index (χ1) is 14.9. The Labute approximate surface area is 179 Å². The zero-order valence-corrected chi connectivity index (χ0v) is 17.6. The fourth-order valence-electron chi connectivity index (χ4n) is 4.27. The molecule has 0 unspecified atom stereocenters. The lowest BCUT2D eigenvalue weighted by Crippen LogP contribution is -2.32. The van der Waals surface area contributed by atoms with Crippen LogP contribution in [0.1, 0.15) is 52.8 Å². The van der Waals surface area contributed by atoms with E-state index in [1.165, 1.54) is 30.3 Å². The van der Waals surface area contributed by atoms with Gasteiger partial charge in [-0.25, -0.2) is 17.1 Å². The van der Waals surface area contributed by atoms with E-state index >= 15 is 0 Å². The highest BCUT2D eigenvalue weighted by Gasteiger charge is 2.48. The second-order valence-corrected chi connectivity index (χ2v) is 9.99. The highest BCUT2D eigenvalue weighted by molar-refractivity contribution is 7.90. The van der Waals surface area contributed by atoms with Crippen molar-refractivity contribution in [3.63, 3.8) is 0 Å². The maximum absolute atomic E-state index is 13.9. The van der Waals surface area contributed by atoms with Gasteiger partial charge in [0, 0.05) is 24.7 Å². The second-order valence-electron chi connectivity index (χ2n) is 8.21. The first-order valence-corrected chi connectivity index (χ1v) is 11.9. The minimum absolute atomic E-state index is 0.0863. The van der Waals surface area contributed by atoms with Gasteiger partial charge in [-0.05, 0) is 68.5 Å². The van der Waals surface area contributed by atoms with Crippen molar-refractivity contribution in [3.8, 4) is 0 Å². The van der Waals surface area contributed by atoms with E-state index in [1.54, 1.807) is 6.07 Å². The number of carbonyl (C=O) groups is 2. The van der Waals surface area contributed by atoms with Crippen molar-refractivity contribution >= 4 is 33.2 Å². The highest BCUT2D eigenvalue weighted by atomic mass is 32.2. The number of halogens is 1. The summed E-state index contributed by atoms with van der Waals surface area (Å²) in [6.45, 7) is 1.65. The molecular formula is C22H22FN3O4S. The molecule has 7 nitrogen and oxygen atoms in total. The average Bonchev–Trinajstić information content (AvgIpc) is 3.56. The monoisotopic (exact) mass is 443 g/mol. The van der Waals surface area contributed by atoms with E-state index in [9.17, 15) is 22.4 Å². The smallest absolute Gasteiger partial charge is 0.269 e. The Morgan fingerprint density at radius 3 is 2.48 bits per heavy atom. The number of rotatable bonds is 4. The molecule has 162 valence electrons. The largest absolute Gasteiger partial charge is 0.370 e. The zero-order valence-electron chi connectivity index (χ0n) is 16.8. The van der Waals surface area contributed by atoms with Gasteiger partial charge in [-0.3, -0.25) is 9.59 Å². The number of hydrogen-bond acceptors (Lipinski definition) is 5. The summed E-state index contributed by atoms with van der Waals surface area (Å²) in [6, 6.07) is 8.03. The molecule has 5 rings (SSSR count). The fourth-order valence-corrected chi connectivity index (χ4v) is 6.11. The van der Waals surface area contributed by atoms with E-state index in [0.29, 0.717) is 18.5 Å². The number of benzene rings is 2. The number of anilines is 2. The summed E-state index contributed by atoms with van der Waals surface area (Å²) >= 11 is 0. The molecule has 3 aliphatic rings. The zero-order chi connectivity index (χ0) is 21.8. The van der Waals surface area contributed by atoms with Gasteiger partial charge in [-0.15, -0.1) is 0 Å². The predicted octanol–water partition coefficient (Wildman–Crippen LogP) is 3.38. The lowest BCUT2D eigenvalue weighted by molar-refractivity contribution is 0.0864. The quantitative estimate of drug-likeness (QED) is 0.783. The maximum Gasteiger partial charge on any atom is 0.269 e. The Kier molecular flexibility index (Phi) is 4.73.